The molecular weight excluding hydrogens is 381 g/mol. The van der Waals surface area contributed by atoms with Crippen molar-refractivity contribution in [3.8, 4) is 11.5 Å². The Morgan fingerprint density at radius 2 is 1.68 bits per heavy atom. The molecule has 1 N–H and O–H groups in total. The molecule has 0 aliphatic carbocycles. The maximum atomic E-state index is 6.11. The van der Waals surface area contributed by atoms with Gasteiger partial charge >= 0.3 is 0 Å². The summed E-state index contributed by atoms with van der Waals surface area (Å²) in [7, 11) is 0. The van der Waals surface area contributed by atoms with Gasteiger partial charge < -0.3 is 4.42 Å². The van der Waals surface area contributed by atoms with Crippen LogP contribution in [0.25, 0.3) is 11.5 Å². The fourth-order valence-corrected chi connectivity index (χ4v) is 2.74. The topological polar surface area (TPSA) is 51.0 Å². The van der Waals surface area contributed by atoms with Crippen LogP contribution in [0.4, 0.5) is 0 Å². The van der Waals surface area contributed by atoms with E-state index >= 15 is 0 Å². The van der Waals surface area contributed by atoms with Gasteiger partial charge in [-0.25, -0.2) is 0 Å². The van der Waals surface area contributed by atoms with Crippen LogP contribution < -0.4 is 5.32 Å². The number of nitrogens with zero attached hydrogens (tertiary/aromatic N) is 2. The normalized spacial score (nSPS) is 11.7. The van der Waals surface area contributed by atoms with E-state index in [0.29, 0.717) is 33.4 Å². The molecule has 0 aliphatic rings. The molecule has 0 atom stereocenters. The molecule has 0 saturated carbocycles. The molecule has 3 aromatic rings. The molecule has 2 aromatic carbocycles. The van der Waals surface area contributed by atoms with E-state index in [9.17, 15) is 0 Å². The zero-order valence-electron chi connectivity index (χ0n) is 13.7. The summed E-state index contributed by atoms with van der Waals surface area (Å²) in [6.07, 6.45) is 0. The number of hydrogen-bond acceptors (Lipinski definition) is 4. The maximum absolute atomic E-state index is 6.11. The summed E-state index contributed by atoms with van der Waals surface area (Å²) in [6.45, 7) is 4.51. The summed E-state index contributed by atoms with van der Waals surface area (Å²) in [5.74, 6) is 0.957. The van der Waals surface area contributed by atoms with Gasteiger partial charge in [-0.15, -0.1) is 10.2 Å². The Hall–Kier alpha value is -1.59. The highest BCUT2D eigenvalue weighted by Crippen LogP contribution is 2.29. The van der Waals surface area contributed by atoms with E-state index in [1.165, 1.54) is 0 Å². The smallest absolute Gasteiger partial charge is 0.247 e. The number of benzene rings is 2. The largest absolute Gasteiger partial charge is 0.419 e. The lowest BCUT2D eigenvalue weighted by Gasteiger charge is -2.26. The zero-order chi connectivity index (χ0) is 18.0. The van der Waals surface area contributed by atoms with E-state index in [1.54, 1.807) is 18.2 Å². The highest BCUT2D eigenvalue weighted by atomic mass is 35.5. The summed E-state index contributed by atoms with van der Waals surface area (Å²) in [5, 5.41) is 13.3. The molecule has 4 nitrogen and oxygen atoms in total. The van der Waals surface area contributed by atoms with Crippen LogP contribution in [0.1, 0.15) is 25.3 Å². The van der Waals surface area contributed by atoms with Crippen molar-refractivity contribution in [2.24, 2.45) is 0 Å². The summed E-state index contributed by atoms with van der Waals surface area (Å²) in [4.78, 5) is 0. The SMILES string of the molecule is CC(C)(NCc1nnc(-c2ccc(Cl)cc2)o1)c1ccc(Cl)c(Cl)c1. The second kappa shape index (κ2) is 7.34. The lowest BCUT2D eigenvalue weighted by molar-refractivity contribution is 0.366. The van der Waals surface area contributed by atoms with Gasteiger partial charge in [0.05, 0.1) is 16.6 Å². The lowest BCUT2D eigenvalue weighted by atomic mass is 9.94. The molecule has 3 rings (SSSR count). The fourth-order valence-electron chi connectivity index (χ4n) is 2.32. The van der Waals surface area contributed by atoms with Crippen molar-refractivity contribution in [2.45, 2.75) is 25.9 Å². The number of hydrogen-bond donors (Lipinski definition) is 1. The average Bonchev–Trinajstić information content (AvgIpc) is 3.05. The highest BCUT2D eigenvalue weighted by molar-refractivity contribution is 6.42. The highest BCUT2D eigenvalue weighted by Gasteiger charge is 2.22. The van der Waals surface area contributed by atoms with Crippen LogP contribution >= 0.6 is 34.8 Å². The molecule has 0 spiro atoms. The maximum Gasteiger partial charge on any atom is 0.247 e. The van der Waals surface area contributed by atoms with Gasteiger partial charge in [0.15, 0.2) is 0 Å². The Morgan fingerprint density at radius 3 is 2.36 bits per heavy atom. The Labute approximate surface area is 161 Å². The Kier molecular flexibility index (Phi) is 5.35. The predicted molar refractivity (Wildman–Crippen MR) is 101 cm³/mol. The predicted octanol–water partition coefficient (Wildman–Crippen LogP) is 5.72. The molecule has 25 heavy (non-hydrogen) atoms. The van der Waals surface area contributed by atoms with Gasteiger partial charge in [-0.1, -0.05) is 40.9 Å². The second-order valence-corrected chi connectivity index (χ2v) is 7.37. The zero-order valence-corrected chi connectivity index (χ0v) is 16.0. The van der Waals surface area contributed by atoms with E-state index in [0.717, 1.165) is 11.1 Å². The van der Waals surface area contributed by atoms with Crippen molar-refractivity contribution in [1.29, 1.82) is 0 Å². The van der Waals surface area contributed by atoms with Crippen molar-refractivity contribution in [3.05, 3.63) is 69.0 Å². The van der Waals surface area contributed by atoms with E-state index in [1.807, 2.05) is 38.1 Å². The molecule has 0 amide bonds. The van der Waals surface area contributed by atoms with Crippen LogP contribution in [-0.4, -0.2) is 10.2 Å². The van der Waals surface area contributed by atoms with E-state index in [2.05, 4.69) is 15.5 Å². The first-order valence-corrected chi connectivity index (χ1v) is 8.77. The third-order valence-electron chi connectivity index (χ3n) is 3.88. The summed E-state index contributed by atoms with van der Waals surface area (Å²) < 4.78 is 5.71. The van der Waals surface area contributed by atoms with Gasteiger partial charge in [-0.2, -0.15) is 0 Å². The molecule has 7 heteroatoms. The Morgan fingerprint density at radius 1 is 0.960 bits per heavy atom. The quantitative estimate of drug-likeness (QED) is 0.599. The molecule has 130 valence electrons. The number of halogens is 3. The summed E-state index contributed by atoms with van der Waals surface area (Å²) in [6, 6.07) is 12.8. The van der Waals surface area contributed by atoms with Crippen molar-refractivity contribution in [2.75, 3.05) is 0 Å². The molecule has 1 aromatic heterocycles. The van der Waals surface area contributed by atoms with E-state index in [-0.39, 0.29) is 5.54 Å². The fraction of sp³-hybridized carbons (Fsp3) is 0.222. The monoisotopic (exact) mass is 395 g/mol. The minimum absolute atomic E-state index is 0.344. The number of rotatable bonds is 5. The van der Waals surface area contributed by atoms with Crippen LogP contribution in [0.5, 0.6) is 0 Å². The van der Waals surface area contributed by atoms with Gasteiger partial charge in [-0.3, -0.25) is 5.32 Å². The van der Waals surface area contributed by atoms with E-state index in [4.69, 9.17) is 39.2 Å². The average molecular weight is 397 g/mol. The van der Waals surface area contributed by atoms with Crippen LogP contribution in [0.15, 0.2) is 46.9 Å². The van der Waals surface area contributed by atoms with Crippen molar-refractivity contribution in [3.63, 3.8) is 0 Å². The standard InChI is InChI=1S/C18H16Cl3N3O/c1-18(2,12-5-8-14(20)15(21)9-12)22-10-16-23-24-17(25-16)11-3-6-13(19)7-4-11/h3-9,22H,10H2,1-2H3. The van der Waals surface area contributed by atoms with Crippen LogP contribution in [-0.2, 0) is 12.1 Å². The van der Waals surface area contributed by atoms with Crippen LogP contribution in [0.2, 0.25) is 15.1 Å². The molecule has 0 radical (unpaired) electrons. The molecule has 0 unspecified atom stereocenters. The molecule has 0 aliphatic heterocycles. The minimum Gasteiger partial charge on any atom is -0.419 e. The number of nitrogens with one attached hydrogen (secondary N) is 1. The van der Waals surface area contributed by atoms with Crippen LogP contribution in [0, 0.1) is 0 Å². The third kappa shape index (κ3) is 4.33. The summed E-state index contributed by atoms with van der Waals surface area (Å²) in [5.41, 5.74) is 1.49. The van der Waals surface area contributed by atoms with Gasteiger partial charge in [-0.05, 0) is 55.8 Å². The first kappa shape index (κ1) is 18.2. The van der Waals surface area contributed by atoms with Crippen LogP contribution in [0.3, 0.4) is 0 Å². The van der Waals surface area contributed by atoms with Gasteiger partial charge in [0.2, 0.25) is 11.8 Å². The van der Waals surface area contributed by atoms with Gasteiger partial charge in [0.25, 0.3) is 0 Å². The molecule has 0 fully saturated rings. The van der Waals surface area contributed by atoms with Crippen molar-refractivity contribution in [1.82, 2.24) is 15.5 Å². The van der Waals surface area contributed by atoms with Gasteiger partial charge in [0, 0.05) is 16.1 Å². The first-order valence-electron chi connectivity index (χ1n) is 7.64. The van der Waals surface area contributed by atoms with Crippen molar-refractivity contribution >= 4 is 34.8 Å². The molecule has 1 heterocycles. The Balaban J connectivity index is 1.70. The van der Waals surface area contributed by atoms with E-state index < -0.39 is 0 Å². The van der Waals surface area contributed by atoms with Crippen molar-refractivity contribution < 1.29 is 4.42 Å². The number of aromatic nitrogens is 2. The molecule has 0 saturated heterocycles. The molecule has 0 bridgehead atoms. The molecular formula is C18H16Cl3N3O. The minimum atomic E-state index is -0.344. The second-order valence-electron chi connectivity index (χ2n) is 6.12. The first-order chi connectivity index (χ1) is 11.8. The lowest BCUT2D eigenvalue weighted by Crippen LogP contribution is -2.36. The third-order valence-corrected chi connectivity index (χ3v) is 4.87. The van der Waals surface area contributed by atoms with Gasteiger partial charge in [0.1, 0.15) is 0 Å². The Bertz CT molecular complexity index is 876. The summed E-state index contributed by atoms with van der Waals surface area (Å²) >= 11 is 18.0.